The fourth-order valence-corrected chi connectivity index (χ4v) is 0.984. The lowest BCUT2D eigenvalue weighted by Gasteiger charge is -2.22. The van der Waals surface area contributed by atoms with Crippen LogP contribution in [0.3, 0.4) is 0 Å². The number of hydrogen-bond acceptors (Lipinski definition) is 4. The van der Waals surface area contributed by atoms with E-state index < -0.39 is 17.0 Å². The maximum absolute atomic E-state index is 11.6. The zero-order valence-corrected chi connectivity index (χ0v) is 11.3. The van der Waals surface area contributed by atoms with E-state index in [0.717, 1.165) is 19.3 Å². The van der Waals surface area contributed by atoms with Crippen LogP contribution in [0.5, 0.6) is 0 Å². The molecule has 0 aliphatic rings. The molecule has 0 spiro atoms. The Labute approximate surface area is 98.1 Å². The molecule has 96 valence electrons. The molecule has 0 heterocycles. The minimum Gasteiger partial charge on any atom is -0.268 e. The Balaban J connectivity index is 3.95. The highest BCUT2D eigenvalue weighted by Gasteiger charge is 2.30. The normalized spacial score (nSPS) is 12.6. The molecule has 4 nitrogen and oxygen atoms in total. The Morgan fingerprint density at radius 1 is 1.12 bits per heavy atom. The summed E-state index contributed by atoms with van der Waals surface area (Å²) in [4.78, 5) is 21.1. The minimum atomic E-state index is -0.531. The van der Waals surface area contributed by atoms with Crippen molar-refractivity contribution in [2.45, 2.75) is 66.4 Å². The van der Waals surface area contributed by atoms with Crippen molar-refractivity contribution in [3.8, 4) is 0 Å². The van der Waals surface area contributed by atoms with Crippen molar-refractivity contribution in [2.75, 3.05) is 0 Å². The van der Waals surface area contributed by atoms with Gasteiger partial charge in [-0.3, -0.25) is 4.89 Å². The zero-order valence-electron chi connectivity index (χ0n) is 11.3. The molecule has 0 aromatic rings. The van der Waals surface area contributed by atoms with Crippen molar-refractivity contribution >= 4 is 5.97 Å². The fraction of sp³-hybridized carbons (Fsp3) is 0.917. The van der Waals surface area contributed by atoms with Crippen LogP contribution in [0.1, 0.15) is 60.8 Å². The third-order valence-corrected chi connectivity index (χ3v) is 2.10. The molecule has 0 unspecified atom stereocenters. The van der Waals surface area contributed by atoms with Crippen LogP contribution < -0.4 is 0 Å². The van der Waals surface area contributed by atoms with Gasteiger partial charge >= 0.3 is 5.97 Å². The maximum atomic E-state index is 11.6. The molecule has 0 N–H and O–H groups in total. The van der Waals surface area contributed by atoms with Gasteiger partial charge in [0.15, 0.2) is 0 Å². The molecule has 0 amide bonds. The van der Waals surface area contributed by atoms with Gasteiger partial charge in [-0.2, -0.15) is 4.89 Å². The van der Waals surface area contributed by atoms with Gasteiger partial charge in [0, 0.05) is 0 Å². The highest BCUT2D eigenvalue weighted by molar-refractivity contribution is 5.75. The zero-order chi connectivity index (χ0) is 12.8. The molecule has 0 fully saturated rings. The average Bonchev–Trinajstić information content (AvgIpc) is 2.12. The van der Waals surface area contributed by atoms with Gasteiger partial charge in [0.2, 0.25) is 0 Å². The first-order valence-corrected chi connectivity index (χ1v) is 5.76. The summed E-state index contributed by atoms with van der Waals surface area (Å²) >= 11 is 0. The Morgan fingerprint density at radius 2 is 1.69 bits per heavy atom. The smallest absolute Gasteiger partial charge is 0.268 e. The van der Waals surface area contributed by atoms with Gasteiger partial charge in [0.05, 0.1) is 11.0 Å². The SMILES string of the molecule is CCCCC(C)(C)C(=O)OOOC(C)(C)C. The first-order chi connectivity index (χ1) is 7.19. The molecule has 0 saturated heterocycles. The lowest BCUT2D eigenvalue weighted by atomic mass is 9.87. The summed E-state index contributed by atoms with van der Waals surface area (Å²) in [5.41, 5.74) is -1.02. The fourth-order valence-electron chi connectivity index (χ4n) is 0.984. The summed E-state index contributed by atoms with van der Waals surface area (Å²) in [7, 11) is 0. The predicted octanol–water partition coefficient (Wildman–Crippen LogP) is 3.41. The summed E-state index contributed by atoms with van der Waals surface area (Å²) in [6.07, 6.45) is 2.82. The van der Waals surface area contributed by atoms with Crippen molar-refractivity contribution < 1.29 is 19.6 Å². The monoisotopic (exact) mass is 232 g/mol. The van der Waals surface area contributed by atoms with Crippen LogP contribution in [0.4, 0.5) is 0 Å². The number of hydrogen-bond donors (Lipinski definition) is 0. The Bertz CT molecular complexity index is 216. The quantitative estimate of drug-likeness (QED) is 0.520. The van der Waals surface area contributed by atoms with E-state index in [9.17, 15) is 4.79 Å². The predicted molar refractivity (Wildman–Crippen MR) is 61.3 cm³/mol. The molecule has 0 radical (unpaired) electrons. The van der Waals surface area contributed by atoms with Crippen molar-refractivity contribution in [3.05, 3.63) is 0 Å². The largest absolute Gasteiger partial charge is 0.351 e. The number of rotatable bonds is 6. The van der Waals surface area contributed by atoms with Gasteiger partial charge in [-0.15, -0.1) is 0 Å². The highest BCUT2D eigenvalue weighted by Crippen LogP contribution is 2.25. The molecular formula is C12H24O4. The molecule has 16 heavy (non-hydrogen) atoms. The molecule has 0 aliphatic carbocycles. The molecule has 0 aliphatic heterocycles. The van der Waals surface area contributed by atoms with Crippen molar-refractivity contribution in [1.29, 1.82) is 0 Å². The van der Waals surface area contributed by atoms with Gasteiger partial charge in [0.1, 0.15) is 0 Å². The van der Waals surface area contributed by atoms with Gasteiger partial charge in [-0.1, -0.05) is 19.8 Å². The molecule has 0 rings (SSSR count). The number of carbonyl (C=O) groups is 1. The molecule has 0 saturated carbocycles. The van der Waals surface area contributed by atoms with Gasteiger partial charge < -0.3 is 0 Å². The minimum absolute atomic E-state index is 0.398. The van der Waals surface area contributed by atoms with E-state index in [4.69, 9.17) is 4.89 Å². The van der Waals surface area contributed by atoms with Crippen LogP contribution in [0, 0.1) is 5.41 Å². The van der Waals surface area contributed by atoms with Crippen LogP contribution in [-0.4, -0.2) is 11.6 Å². The van der Waals surface area contributed by atoms with Crippen LogP contribution >= 0.6 is 0 Å². The van der Waals surface area contributed by atoms with Crippen LogP contribution in [0.2, 0.25) is 0 Å². The third-order valence-electron chi connectivity index (χ3n) is 2.10. The first kappa shape index (κ1) is 15.4. The van der Waals surface area contributed by atoms with E-state index in [2.05, 4.69) is 16.8 Å². The lowest BCUT2D eigenvalue weighted by molar-refractivity contribution is -0.516. The van der Waals surface area contributed by atoms with E-state index in [0.29, 0.717) is 0 Å². The third kappa shape index (κ3) is 6.80. The van der Waals surface area contributed by atoms with E-state index in [1.807, 2.05) is 34.6 Å². The first-order valence-electron chi connectivity index (χ1n) is 5.76. The summed E-state index contributed by atoms with van der Waals surface area (Å²) in [6.45, 7) is 11.2. The Hall–Kier alpha value is -0.610. The summed E-state index contributed by atoms with van der Waals surface area (Å²) in [5, 5.41) is 4.48. The van der Waals surface area contributed by atoms with Crippen molar-refractivity contribution in [2.24, 2.45) is 5.41 Å². The standard InChI is InChI=1S/C12H24O4/c1-7-8-9-12(5,6)10(13)14-16-15-11(2,3)4/h7-9H2,1-6H3. The Morgan fingerprint density at radius 3 is 2.12 bits per heavy atom. The van der Waals surface area contributed by atoms with Crippen LogP contribution in [0.15, 0.2) is 0 Å². The van der Waals surface area contributed by atoms with Crippen LogP contribution in [-0.2, 0) is 19.6 Å². The second-order valence-corrected chi connectivity index (χ2v) is 5.62. The van der Waals surface area contributed by atoms with E-state index in [1.165, 1.54) is 0 Å². The molecule has 0 aromatic carbocycles. The topological polar surface area (TPSA) is 44.8 Å². The molecule has 0 bridgehead atoms. The maximum Gasteiger partial charge on any atom is 0.351 e. The summed E-state index contributed by atoms with van der Waals surface area (Å²) in [5.74, 6) is -0.398. The van der Waals surface area contributed by atoms with Crippen molar-refractivity contribution in [1.82, 2.24) is 0 Å². The average molecular weight is 232 g/mol. The molecule has 4 heteroatoms. The second-order valence-electron chi connectivity index (χ2n) is 5.62. The lowest BCUT2D eigenvalue weighted by Crippen LogP contribution is -2.28. The molecular weight excluding hydrogens is 208 g/mol. The summed E-state index contributed by atoms with van der Waals surface area (Å²) in [6, 6.07) is 0. The van der Waals surface area contributed by atoms with E-state index in [-0.39, 0.29) is 0 Å². The van der Waals surface area contributed by atoms with Crippen LogP contribution in [0.25, 0.3) is 0 Å². The summed E-state index contributed by atoms with van der Waals surface area (Å²) < 4.78 is 0. The van der Waals surface area contributed by atoms with Gasteiger partial charge in [-0.05, 0) is 46.1 Å². The molecule has 0 aromatic heterocycles. The van der Waals surface area contributed by atoms with Gasteiger partial charge in [0.25, 0.3) is 0 Å². The number of unbranched alkanes of at least 4 members (excludes halogenated alkanes) is 1. The van der Waals surface area contributed by atoms with Gasteiger partial charge in [-0.25, -0.2) is 4.79 Å². The number of carbonyl (C=O) groups excluding carboxylic acids is 1. The highest BCUT2D eigenvalue weighted by atomic mass is 17.5. The Kier molecular flexibility index (Phi) is 5.97. The van der Waals surface area contributed by atoms with E-state index in [1.54, 1.807) is 0 Å². The molecule has 0 atom stereocenters. The van der Waals surface area contributed by atoms with E-state index >= 15 is 0 Å². The van der Waals surface area contributed by atoms with Crippen molar-refractivity contribution in [3.63, 3.8) is 0 Å². The second kappa shape index (κ2) is 6.21.